The summed E-state index contributed by atoms with van der Waals surface area (Å²) in [6.45, 7) is 1.27. The van der Waals surface area contributed by atoms with E-state index in [-0.39, 0.29) is 19.1 Å². The molecule has 0 aromatic carbocycles. The van der Waals surface area contributed by atoms with Gasteiger partial charge in [0.25, 0.3) is 10.2 Å². The zero-order valence-corrected chi connectivity index (χ0v) is 10.9. The summed E-state index contributed by atoms with van der Waals surface area (Å²) in [6.07, 6.45) is 4.51. The Bertz CT molecular complexity index is 451. The van der Waals surface area contributed by atoms with Crippen LogP contribution in [0.4, 0.5) is 0 Å². The van der Waals surface area contributed by atoms with Crippen LogP contribution in [0.15, 0.2) is 12.5 Å². The normalized spacial score (nSPS) is 19.2. The summed E-state index contributed by atoms with van der Waals surface area (Å²) in [4.78, 5) is 6.66. The highest BCUT2D eigenvalue weighted by molar-refractivity contribution is 7.87. The van der Waals surface area contributed by atoms with Crippen molar-refractivity contribution in [2.24, 2.45) is 5.92 Å². The van der Waals surface area contributed by atoms with E-state index in [1.807, 2.05) is 0 Å². The molecule has 0 unspecified atom stereocenters. The second-order valence-corrected chi connectivity index (χ2v) is 6.18. The van der Waals surface area contributed by atoms with Crippen molar-refractivity contribution in [1.82, 2.24) is 19.0 Å². The maximum atomic E-state index is 12.0. The Morgan fingerprint density at radius 3 is 2.78 bits per heavy atom. The van der Waals surface area contributed by atoms with E-state index in [9.17, 15) is 8.42 Å². The van der Waals surface area contributed by atoms with Gasteiger partial charge in [-0.25, -0.2) is 4.98 Å². The van der Waals surface area contributed by atoms with Crippen molar-refractivity contribution in [3.05, 3.63) is 18.2 Å². The predicted octanol–water partition coefficient (Wildman–Crippen LogP) is -0.552. The number of aromatic nitrogens is 2. The molecule has 1 aromatic rings. The minimum atomic E-state index is -3.44. The van der Waals surface area contributed by atoms with Gasteiger partial charge in [-0.2, -0.15) is 17.4 Å². The molecule has 1 aliphatic rings. The molecular formula is C10H18N4O3S. The number of imidazole rings is 1. The van der Waals surface area contributed by atoms with Crippen molar-refractivity contribution in [2.75, 3.05) is 19.7 Å². The lowest BCUT2D eigenvalue weighted by Crippen LogP contribution is -2.45. The molecule has 0 aliphatic carbocycles. The van der Waals surface area contributed by atoms with Gasteiger partial charge in [-0.3, -0.25) is 0 Å². The molecule has 0 saturated carbocycles. The number of hydrogen-bond acceptors (Lipinski definition) is 4. The van der Waals surface area contributed by atoms with E-state index in [0.717, 1.165) is 5.69 Å². The molecule has 2 rings (SSSR count). The first-order valence-electron chi connectivity index (χ1n) is 5.94. The van der Waals surface area contributed by atoms with Crippen molar-refractivity contribution < 1.29 is 13.5 Å². The molecule has 102 valence electrons. The second-order valence-electron chi connectivity index (χ2n) is 4.43. The van der Waals surface area contributed by atoms with E-state index in [4.69, 9.17) is 5.11 Å². The quantitative estimate of drug-likeness (QED) is 0.671. The molecular weight excluding hydrogens is 256 g/mol. The molecule has 0 atom stereocenters. The van der Waals surface area contributed by atoms with E-state index in [0.29, 0.717) is 25.9 Å². The van der Waals surface area contributed by atoms with E-state index >= 15 is 0 Å². The molecule has 7 nitrogen and oxygen atoms in total. The minimum absolute atomic E-state index is 0.134. The number of aliphatic hydroxyl groups is 1. The van der Waals surface area contributed by atoms with E-state index in [1.54, 1.807) is 6.20 Å². The summed E-state index contributed by atoms with van der Waals surface area (Å²) in [7, 11) is -3.44. The zero-order valence-electron chi connectivity index (χ0n) is 10.0. The van der Waals surface area contributed by atoms with Gasteiger partial charge in [-0.1, -0.05) is 0 Å². The number of nitrogens with one attached hydrogen (secondary N) is 2. The smallest absolute Gasteiger partial charge is 0.279 e. The average molecular weight is 274 g/mol. The maximum Gasteiger partial charge on any atom is 0.279 e. The van der Waals surface area contributed by atoms with E-state index in [1.165, 1.54) is 10.6 Å². The van der Waals surface area contributed by atoms with Crippen molar-refractivity contribution >= 4 is 10.2 Å². The summed E-state index contributed by atoms with van der Waals surface area (Å²) >= 11 is 0. The summed E-state index contributed by atoms with van der Waals surface area (Å²) < 4.78 is 27.9. The van der Waals surface area contributed by atoms with Gasteiger partial charge in [0, 0.05) is 31.6 Å². The average Bonchev–Trinajstić information content (AvgIpc) is 2.90. The van der Waals surface area contributed by atoms with Gasteiger partial charge in [0.15, 0.2) is 0 Å². The van der Waals surface area contributed by atoms with Crippen LogP contribution >= 0.6 is 0 Å². The van der Waals surface area contributed by atoms with Crippen LogP contribution in [-0.2, 0) is 16.8 Å². The molecule has 0 spiro atoms. The van der Waals surface area contributed by atoms with Crippen molar-refractivity contribution in [1.29, 1.82) is 0 Å². The Hall–Kier alpha value is -0.960. The number of rotatable bonds is 5. The van der Waals surface area contributed by atoms with Crippen molar-refractivity contribution in [3.8, 4) is 0 Å². The van der Waals surface area contributed by atoms with Crippen LogP contribution in [0.2, 0.25) is 0 Å². The van der Waals surface area contributed by atoms with Gasteiger partial charge in [0.2, 0.25) is 0 Å². The SMILES string of the molecule is O=S(=O)(NCc1cnc[nH]1)N1CCC(CO)CC1. The Morgan fingerprint density at radius 1 is 1.50 bits per heavy atom. The van der Waals surface area contributed by atoms with Crippen LogP contribution < -0.4 is 4.72 Å². The summed E-state index contributed by atoms with van der Waals surface area (Å²) in [5, 5.41) is 9.01. The van der Waals surface area contributed by atoms with Crippen LogP contribution in [0.5, 0.6) is 0 Å². The largest absolute Gasteiger partial charge is 0.396 e. The molecule has 18 heavy (non-hydrogen) atoms. The standard InChI is InChI=1S/C10H18N4O3S/c15-7-9-1-3-14(4-2-9)18(16,17)13-6-10-5-11-8-12-10/h5,8-9,13,15H,1-4,6-7H2,(H,11,12). The van der Waals surface area contributed by atoms with Crippen molar-refractivity contribution in [2.45, 2.75) is 19.4 Å². The third-order valence-corrected chi connectivity index (χ3v) is 4.73. The van der Waals surface area contributed by atoms with Gasteiger partial charge in [0.1, 0.15) is 0 Å². The van der Waals surface area contributed by atoms with Gasteiger partial charge < -0.3 is 10.1 Å². The first-order valence-corrected chi connectivity index (χ1v) is 7.38. The second kappa shape index (κ2) is 5.79. The number of H-pyrrole nitrogens is 1. The topological polar surface area (TPSA) is 98.3 Å². The number of piperidine rings is 1. The van der Waals surface area contributed by atoms with Gasteiger partial charge in [-0.05, 0) is 18.8 Å². The van der Waals surface area contributed by atoms with E-state index < -0.39 is 10.2 Å². The number of aromatic amines is 1. The first-order chi connectivity index (χ1) is 8.62. The fourth-order valence-corrected chi connectivity index (χ4v) is 3.19. The molecule has 0 amide bonds. The third-order valence-electron chi connectivity index (χ3n) is 3.17. The summed E-state index contributed by atoms with van der Waals surface area (Å²) in [5.41, 5.74) is 0.726. The molecule has 8 heteroatoms. The fraction of sp³-hybridized carbons (Fsp3) is 0.700. The van der Waals surface area contributed by atoms with Crippen LogP contribution in [0.25, 0.3) is 0 Å². The molecule has 1 fully saturated rings. The third kappa shape index (κ3) is 3.29. The van der Waals surface area contributed by atoms with Gasteiger partial charge in [-0.15, -0.1) is 0 Å². The predicted molar refractivity (Wildman–Crippen MR) is 65.7 cm³/mol. The van der Waals surface area contributed by atoms with Crippen LogP contribution in [0, 0.1) is 5.92 Å². The fourth-order valence-electron chi connectivity index (χ4n) is 1.97. The monoisotopic (exact) mass is 274 g/mol. The molecule has 0 bridgehead atoms. The lowest BCUT2D eigenvalue weighted by Gasteiger charge is -2.30. The van der Waals surface area contributed by atoms with Crippen LogP contribution in [0.1, 0.15) is 18.5 Å². The molecule has 2 heterocycles. The van der Waals surface area contributed by atoms with Crippen LogP contribution in [-0.4, -0.2) is 47.5 Å². The molecule has 1 saturated heterocycles. The number of aliphatic hydroxyl groups excluding tert-OH is 1. The molecule has 0 radical (unpaired) electrons. The lowest BCUT2D eigenvalue weighted by atomic mass is 10.00. The molecule has 3 N–H and O–H groups in total. The minimum Gasteiger partial charge on any atom is -0.396 e. The highest BCUT2D eigenvalue weighted by Gasteiger charge is 2.27. The highest BCUT2D eigenvalue weighted by Crippen LogP contribution is 2.18. The molecule has 1 aromatic heterocycles. The Kier molecular flexibility index (Phi) is 4.33. The highest BCUT2D eigenvalue weighted by atomic mass is 32.2. The Labute approximate surface area is 106 Å². The summed E-state index contributed by atoms with van der Waals surface area (Å²) in [6, 6.07) is 0. The Balaban J connectivity index is 1.87. The van der Waals surface area contributed by atoms with Crippen LogP contribution in [0.3, 0.4) is 0 Å². The van der Waals surface area contributed by atoms with Gasteiger partial charge in [0.05, 0.1) is 12.9 Å². The number of hydrogen-bond donors (Lipinski definition) is 3. The Morgan fingerprint density at radius 2 is 2.22 bits per heavy atom. The summed E-state index contributed by atoms with van der Waals surface area (Å²) in [5.74, 6) is 0.226. The maximum absolute atomic E-state index is 12.0. The molecule has 1 aliphatic heterocycles. The van der Waals surface area contributed by atoms with Gasteiger partial charge >= 0.3 is 0 Å². The number of nitrogens with zero attached hydrogens (tertiary/aromatic N) is 2. The zero-order chi connectivity index (χ0) is 13.0. The van der Waals surface area contributed by atoms with Crippen molar-refractivity contribution in [3.63, 3.8) is 0 Å². The lowest BCUT2D eigenvalue weighted by molar-refractivity contribution is 0.169. The van der Waals surface area contributed by atoms with E-state index in [2.05, 4.69) is 14.7 Å². The first kappa shape index (κ1) is 13.5.